The van der Waals surface area contributed by atoms with Crippen LogP contribution in [-0.4, -0.2) is 65.1 Å². The number of amides is 3. The first kappa shape index (κ1) is 22.1. The van der Waals surface area contributed by atoms with Crippen LogP contribution in [0, 0.1) is 0 Å². The number of likely N-dealkylation sites (tertiary alicyclic amines) is 1. The first-order valence-electron chi connectivity index (χ1n) is 11.4. The van der Waals surface area contributed by atoms with Crippen molar-refractivity contribution in [3.63, 3.8) is 0 Å². The van der Waals surface area contributed by atoms with Gasteiger partial charge < -0.3 is 14.4 Å². The van der Waals surface area contributed by atoms with Gasteiger partial charge in [-0.15, -0.1) is 0 Å². The third-order valence-electron chi connectivity index (χ3n) is 6.94. The molecule has 8 nitrogen and oxygen atoms in total. The second kappa shape index (κ2) is 7.97. The zero-order valence-electron chi connectivity index (χ0n) is 19.4. The number of imide groups is 1. The van der Waals surface area contributed by atoms with Crippen LogP contribution in [0.4, 0.5) is 0 Å². The van der Waals surface area contributed by atoms with E-state index in [4.69, 9.17) is 9.47 Å². The van der Waals surface area contributed by atoms with E-state index in [2.05, 4.69) is 0 Å². The van der Waals surface area contributed by atoms with Crippen LogP contribution in [0.15, 0.2) is 36.4 Å². The van der Waals surface area contributed by atoms with Gasteiger partial charge in [-0.2, -0.15) is 0 Å². The van der Waals surface area contributed by atoms with Gasteiger partial charge in [-0.05, 0) is 50.2 Å². The summed E-state index contributed by atoms with van der Waals surface area (Å²) >= 11 is 0. The molecule has 3 aliphatic heterocycles. The van der Waals surface area contributed by atoms with Crippen molar-refractivity contribution < 1.29 is 28.7 Å². The predicted molar refractivity (Wildman–Crippen MR) is 123 cm³/mol. The van der Waals surface area contributed by atoms with Gasteiger partial charge in [-0.25, -0.2) is 0 Å². The lowest BCUT2D eigenvalue weighted by molar-refractivity contribution is -0.00578. The van der Waals surface area contributed by atoms with Gasteiger partial charge in [-0.1, -0.05) is 0 Å². The van der Waals surface area contributed by atoms with Crippen molar-refractivity contribution in [2.24, 2.45) is 0 Å². The molecule has 5 rings (SSSR count). The van der Waals surface area contributed by atoms with E-state index in [0.717, 1.165) is 0 Å². The topological polar surface area (TPSA) is 93.2 Å². The number of rotatable bonds is 3. The molecule has 3 heterocycles. The Balaban J connectivity index is 1.31. The molecular weight excluding hydrogens is 436 g/mol. The average Bonchev–Trinajstić information content (AvgIpc) is 3.08. The molecule has 2 aromatic carbocycles. The number of carbonyl (C=O) groups is 4. The molecule has 0 atom stereocenters. The SMILES string of the molecule is COc1ccc2c(c1)C(=O)CC1(CCN(C(=O)c3ccc4c(c3)C(=O)N(C(C)C)C4=O)CC1)O2. The molecule has 3 aliphatic rings. The Morgan fingerprint density at radius 1 is 0.971 bits per heavy atom. The molecule has 0 aromatic heterocycles. The summed E-state index contributed by atoms with van der Waals surface area (Å²) in [4.78, 5) is 54.2. The molecule has 176 valence electrons. The molecule has 1 spiro atoms. The number of piperidine rings is 1. The maximum Gasteiger partial charge on any atom is 0.261 e. The molecule has 0 unspecified atom stereocenters. The Morgan fingerprint density at radius 3 is 2.35 bits per heavy atom. The van der Waals surface area contributed by atoms with E-state index < -0.39 is 5.60 Å². The van der Waals surface area contributed by atoms with Crippen LogP contribution in [0.1, 0.15) is 74.5 Å². The summed E-state index contributed by atoms with van der Waals surface area (Å²) in [6.45, 7) is 4.42. The van der Waals surface area contributed by atoms with Crippen molar-refractivity contribution in [3.05, 3.63) is 58.7 Å². The summed E-state index contributed by atoms with van der Waals surface area (Å²) in [5.41, 5.74) is 0.868. The van der Waals surface area contributed by atoms with E-state index >= 15 is 0 Å². The number of nitrogens with zero attached hydrogens (tertiary/aromatic N) is 2. The third kappa shape index (κ3) is 3.45. The maximum absolute atomic E-state index is 13.2. The minimum Gasteiger partial charge on any atom is -0.497 e. The molecule has 0 N–H and O–H groups in total. The van der Waals surface area contributed by atoms with E-state index in [1.807, 2.05) is 0 Å². The quantitative estimate of drug-likeness (QED) is 0.650. The van der Waals surface area contributed by atoms with E-state index in [1.54, 1.807) is 56.2 Å². The first-order chi connectivity index (χ1) is 16.2. The number of benzene rings is 2. The number of methoxy groups -OCH3 is 1. The van der Waals surface area contributed by atoms with Crippen LogP contribution in [0.5, 0.6) is 11.5 Å². The summed E-state index contributed by atoms with van der Waals surface area (Å²) in [7, 11) is 1.55. The van der Waals surface area contributed by atoms with Gasteiger partial charge in [0.25, 0.3) is 17.7 Å². The average molecular weight is 463 g/mol. The van der Waals surface area contributed by atoms with Crippen LogP contribution in [0.3, 0.4) is 0 Å². The maximum atomic E-state index is 13.2. The molecule has 1 fully saturated rings. The van der Waals surface area contributed by atoms with Gasteiger partial charge >= 0.3 is 0 Å². The molecule has 34 heavy (non-hydrogen) atoms. The van der Waals surface area contributed by atoms with Crippen LogP contribution < -0.4 is 9.47 Å². The fourth-order valence-corrected chi connectivity index (χ4v) is 5.04. The Labute approximate surface area is 197 Å². The molecule has 0 saturated carbocycles. The summed E-state index contributed by atoms with van der Waals surface area (Å²) < 4.78 is 11.5. The zero-order valence-corrected chi connectivity index (χ0v) is 19.4. The highest BCUT2D eigenvalue weighted by Gasteiger charge is 2.44. The highest BCUT2D eigenvalue weighted by Crippen LogP contribution is 2.40. The number of Topliss-reactive ketones (excluding diaryl/α,β-unsaturated/α-hetero) is 1. The highest BCUT2D eigenvalue weighted by atomic mass is 16.5. The molecule has 8 heteroatoms. The van der Waals surface area contributed by atoms with Crippen LogP contribution in [0.25, 0.3) is 0 Å². The lowest BCUT2D eigenvalue weighted by atomic mass is 9.82. The smallest absolute Gasteiger partial charge is 0.261 e. The minimum absolute atomic E-state index is 0.0106. The molecule has 0 bridgehead atoms. The normalized spacial score (nSPS) is 18.8. The second-order valence-electron chi connectivity index (χ2n) is 9.37. The third-order valence-corrected chi connectivity index (χ3v) is 6.94. The molecular formula is C26H26N2O6. The Kier molecular flexibility index (Phi) is 5.19. The number of carbonyl (C=O) groups excluding carboxylic acids is 4. The van der Waals surface area contributed by atoms with Gasteiger partial charge in [0.1, 0.15) is 17.1 Å². The number of ketones is 1. The zero-order chi connectivity index (χ0) is 24.2. The fraction of sp³-hybridized carbons (Fsp3) is 0.385. The van der Waals surface area contributed by atoms with Crippen molar-refractivity contribution in [3.8, 4) is 11.5 Å². The van der Waals surface area contributed by atoms with Crippen molar-refractivity contribution in [1.82, 2.24) is 9.80 Å². The van der Waals surface area contributed by atoms with Crippen molar-refractivity contribution in [2.75, 3.05) is 20.2 Å². The van der Waals surface area contributed by atoms with E-state index in [9.17, 15) is 19.2 Å². The van der Waals surface area contributed by atoms with E-state index in [-0.39, 0.29) is 41.5 Å². The van der Waals surface area contributed by atoms with Crippen LogP contribution in [0.2, 0.25) is 0 Å². The number of fused-ring (bicyclic) bond motifs is 2. The van der Waals surface area contributed by atoms with Gasteiger partial charge in [0.05, 0.1) is 30.2 Å². The Morgan fingerprint density at radius 2 is 1.68 bits per heavy atom. The van der Waals surface area contributed by atoms with Gasteiger partial charge in [-0.3, -0.25) is 24.1 Å². The summed E-state index contributed by atoms with van der Waals surface area (Å²) in [6.07, 6.45) is 1.31. The van der Waals surface area contributed by atoms with Gasteiger partial charge in [0.15, 0.2) is 5.78 Å². The van der Waals surface area contributed by atoms with Crippen LogP contribution in [-0.2, 0) is 0 Å². The van der Waals surface area contributed by atoms with Crippen molar-refractivity contribution in [2.45, 2.75) is 44.8 Å². The number of hydrogen-bond acceptors (Lipinski definition) is 6. The molecule has 2 aromatic rings. The highest BCUT2D eigenvalue weighted by molar-refractivity contribution is 6.22. The summed E-state index contributed by atoms with van der Waals surface area (Å²) in [5, 5.41) is 0. The van der Waals surface area contributed by atoms with E-state index in [1.165, 1.54) is 11.0 Å². The largest absolute Gasteiger partial charge is 0.497 e. The lowest BCUT2D eigenvalue weighted by Crippen LogP contribution is -2.52. The van der Waals surface area contributed by atoms with Gasteiger partial charge in [0, 0.05) is 37.5 Å². The molecule has 0 aliphatic carbocycles. The Hall–Kier alpha value is -3.68. The van der Waals surface area contributed by atoms with E-state index in [0.29, 0.717) is 54.1 Å². The monoisotopic (exact) mass is 462 g/mol. The fourth-order valence-electron chi connectivity index (χ4n) is 5.04. The molecule has 1 saturated heterocycles. The second-order valence-corrected chi connectivity index (χ2v) is 9.37. The first-order valence-corrected chi connectivity index (χ1v) is 11.4. The van der Waals surface area contributed by atoms with Crippen molar-refractivity contribution >= 4 is 23.5 Å². The van der Waals surface area contributed by atoms with Crippen LogP contribution >= 0.6 is 0 Å². The summed E-state index contributed by atoms with van der Waals surface area (Å²) in [6, 6.07) is 9.65. The number of ether oxygens (including phenoxy) is 2. The lowest BCUT2D eigenvalue weighted by Gasteiger charge is -2.44. The van der Waals surface area contributed by atoms with Crippen molar-refractivity contribution in [1.29, 1.82) is 0 Å². The molecule has 0 radical (unpaired) electrons. The number of hydrogen-bond donors (Lipinski definition) is 0. The van der Waals surface area contributed by atoms with Gasteiger partial charge in [0.2, 0.25) is 0 Å². The summed E-state index contributed by atoms with van der Waals surface area (Å²) in [5.74, 6) is 0.272. The predicted octanol–water partition coefficient (Wildman–Crippen LogP) is 3.34. The minimum atomic E-state index is -0.631. The standard InChI is InChI=1S/C26H26N2O6/c1-15(2)28-24(31)18-6-4-16(12-19(18)25(28)32)23(30)27-10-8-26(9-11-27)14-21(29)20-13-17(33-3)5-7-22(20)34-26/h4-7,12-13,15H,8-11,14H2,1-3H3. The molecule has 3 amide bonds. The Bertz CT molecular complexity index is 1230.